The van der Waals surface area contributed by atoms with Gasteiger partial charge in [0, 0.05) is 38.8 Å². The molecule has 9 nitrogen and oxygen atoms in total. The first-order valence-electron chi connectivity index (χ1n) is 10.2. The van der Waals surface area contributed by atoms with Gasteiger partial charge in [0.2, 0.25) is 5.91 Å². The van der Waals surface area contributed by atoms with E-state index in [1.54, 1.807) is 30.7 Å². The van der Waals surface area contributed by atoms with Crippen molar-refractivity contribution < 1.29 is 22.7 Å². The van der Waals surface area contributed by atoms with E-state index in [2.05, 4.69) is 15.0 Å². The lowest BCUT2D eigenvalue weighted by Crippen LogP contribution is -2.43. The summed E-state index contributed by atoms with van der Waals surface area (Å²) in [6.07, 6.45) is 3.11. The van der Waals surface area contributed by atoms with Gasteiger partial charge in [-0.2, -0.15) is 4.31 Å². The van der Waals surface area contributed by atoms with Crippen LogP contribution in [0.1, 0.15) is 34.6 Å². The number of imidazole rings is 1. The van der Waals surface area contributed by atoms with Gasteiger partial charge in [0.1, 0.15) is 5.82 Å². The number of esters is 1. The monoisotopic (exact) mass is 448 g/mol. The normalized spacial score (nSPS) is 15.6. The summed E-state index contributed by atoms with van der Waals surface area (Å²) in [7, 11) is -0.547. The Hall–Kier alpha value is -2.72. The van der Waals surface area contributed by atoms with Crippen molar-refractivity contribution in [2.24, 2.45) is 13.0 Å². The maximum Gasteiger partial charge on any atom is 0.337 e. The largest absolute Gasteiger partial charge is 0.465 e. The van der Waals surface area contributed by atoms with Crippen LogP contribution in [0.5, 0.6) is 0 Å². The summed E-state index contributed by atoms with van der Waals surface area (Å²) in [6.45, 7) is 2.82. The van der Waals surface area contributed by atoms with Gasteiger partial charge in [-0.05, 0) is 43.9 Å². The summed E-state index contributed by atoms with van der Waals surface area (Å²) in [5.41, 5.74) is 1.48. The third-order valence-corrected chi connectivity index (χ3v) is 7.37. The maximum absolute atomic E-state index is 12.8. The fraction of sp³-hybridized carbons (Fsp3) is 0.476. The Labute approximate surface area is 182 Å². The van der Waals surface area contributed by atoms with Crippen molar-refractivity contribution in [1.82, 2.24) is 19.2 Å². The van der Waals surface area contributed by atoms with Crippen LogP contribution in [0.15, 0.2) is 35.5 Å². The highest BCUT2D eigenvalue weighted by molar-refractivity contribution is 7.89. The summed E-state index contributed by atoms with van der Waals surface area (Å²) in [5, 5.41) is 2.98. The van der Waals surface area contributed by atoms with Gasteiger partial charge >= 0.3 is 5.97 Å². The van der Waals surface area contributed by atoms with Gasteiger partial charge in [0.25, 0.3) is 10.0 Å². The fourth-order valence-corrected chi connectivity index (χ4v) is 5.04. The van der Waals surface area contributed by atoms with Crippen molar-refractivity contribution in [3.8, 4) is 0 Å². The molecule has 168 valence electrons. The van der Waals surface area contributed by atoms with Crippen molar-refractivity contribution in [2.75, 3.05) is 26.7 Å². The van der Waals surface area contributed by atoms with E-state index in [1.165, 1.54) is 17.6 Å². The Morgan fingerprint density at radius 3 is 2.39 bits per heavy atom. The smallest absolute Gasteiger partial charge is 0.337 e. The van der Waals surface area contributed by atoms with Gasteiger partial charge in [-0.25, -0.2) is 18.2 Å². The van der Waals surface area contributed by atoms with Gasteiger partial charge in [0.15, 0.2) is 5.03 Å². The number of benzene rings is 1. The predicted octanol–water partition coefficient (Wildman–Crippen LogP) is 1.27. The topological polar surface area (TPSA) is 111 Å². The second kappa shape index (κ2) is 9.61. The van der Waals surface area contributed by atoms with Crippen LogP contribution in [0.4, 0.5) is 0 Å². The summed E-state index contributed by atoms with van der Waals surface area (Å²) >= 11 is 0. The first kappa shape index (κ1) is 23.0. The molecule has 1 fully saturated rings. The number of rotatable bonds is 7. The zero-order valence-corrected chi connectivity index (χ0v) is 18.8. The molecule has 1 aliphatic rings. The molecule has 1 saturated heterocycles. The van der Waals surface area contributed by atoms with E-state index in [9.17, 15) is 18.0 Å². The Morgan fingerprint density at radius 2 is 1.84 bits per heavy atom. The minimum absolute atomic E-state index is 0.0496. The van der Waals surface area contributed by atoms with Crippen LogP contribution >= 0.6 is 0 Å². The first-order chi connectivity index (χ1) is 14.7. The van der Waals surface area contributed by atoms with Gasteiger partial charge in [0.05, 0.1) is 12.7 Å². The van der Waals surface area contributed by atoms with E-state index in [-0.39, 0.29) is 22.8 Å². The number of methoxy groups -OCH3 is 1. The molecule has 0 bridgehead atoms. The van der Waals surface area contributed by atoms with Gasteiger partial charge in [-0.1, -0.05) is 12.1 Å². The number of aromatic nitrogens is 2. The molecular formula is C21H28N4O5S. The van der Waals surface area contributed by atoms with E-state index in [0.29, 0.717) is 50.3 Å². The Balaban J connectivity index is 1.46. The number of hydrogen-bond acceptors (Lipinski definition) is 6. The first-order valence-corrected chi connectivity index (χ1v) is 11.6. The molecule has 31 heavy (non-hydrogen) atoms. The van der Waals surface area contributed by atoms with E-state index < -0.39 is 10.0 Å². The van der Waals surface area contributed by atoms with Crippen LogP contribution < -0.4 is 5.32 Å². The van der Waals surface area contributed by atoms with Crippen LogP contribution in [0.25, 0.3) is 0 Å². The summed E-state index contributed by atoms with van der Waals surface area (Å²) in [4.78, 5) is 28.1. The molecule has 0 radical (unpaired) electrons. The number of aryl methyl sites for hydroxylation is 2. The van der Waals surface area contributed by atoms with Crippen LogP contribution in [-0.2, 0) is 33.0 Å². The number of sulfonamides is 1. The van der Waals surface area contributed by atoms with E-state index in [1.807, 2.05) is 12.1 Å². The molecule has 3 rings (SSSR count). The average molecular weight is 449 g/mol. The second-order valence-electron chi connectivity index (χ2n) is 7.65. The number of carbonyl (C=O) groups excluding carboxylic acids is 2. The fourth-order valence-electron chi connectivity index (χ4n) is 3.54. The molecule has 1 amide bonds. The van der Waals surface area contributed by atoms with E-state index in [0.717, 1.165) is 5.56 Å². The molecule has 10 heteroatoms. The maximum atomic E-state index is 12.8. The lowest BCUT2D eigenvalue weighted by atomic mass is 9.97. The summed E-state index contributed by atoms with van der Waals surface area (Å²) in [5.74, 6) is -0.0188. The summed E-state index contributed by atoms with van der Waals surface area (Å²) in [6, 6.07) is 7.06. The third-order valence-electron chi connectivity index (χ3n) is 5.60. The zero-order valence-electron chi connectivity index (χ0n) is 18.0. The zero-order chi connectivity index (χ0) is 22.6. The minimum atomic E-state index is -3.64. The molecule has 0 saturated carbocycles. The highest BCUT2D eigenvalue weighted by Gasteiger charge is 2.33. The molecule has 1 aromatic heterocycles. The summed E-state index contributed by atoms with van der Waals surface area (Å²) < 4.78 is 33.3. The molecular weight excluding hydrogens is 420 g/mol. The van der Waals surface area contributed by atoms with Crippen molar-refractivity contribution in [3.05, 3.63) is 47.4 Å². The van der Waals surface area contributed by atoms with E-state index in [4.69, 9.17) is 0 Å². The van der Waals surface area contributed by atoms with Crippen LogP contribution in [-0.4, -0.2) is 60.9 Å². The SMILES string of the molecule is COC(=O)c1ccc(CCNC(=O)C2CCN(S(=O)(=O)c3cn(C)c(C)n3)CC2)cc1. The molecule has 2 heterocycles. The van der Waals surface area contributed by atoms with Crippen molar-refractivity contribution >= 4 is 21.9 Å². The highest BCUT2D eigenvalue weighted by Crippen LogP contribution is 2.23. The second-order valence-corrected chi connectivity index (χ2v) is 9.53. The number of amides is 1. The molecule has 1 aliphatic heterocycles. The number of carbonyl (C=O) groups is 2. The Bertz CT molecular complexity index is 1020. The molecule has 1 aromatic carbocycles. The predicted molar refractivity (Wildman–Crippen MR) is 114 cm³/mol. The standard InChI is InChI=1S/C21H28N4O5S/c1-15-23-19(14-24(15)2)31(28,29)25-12-9-17(10-13-25)20(26)22-11-8-16-4-6-18(7-5-16)21(27)30-3/h4-7,14,17H,8-13H2,1-3H3,(H,22,26). The Morgan fingerprint density at radius 1 is 1.19 bits per heavy atom. The van der Waals surface area contributed by atoms with E-state index >= 15 is 0 Å². The lowest BCUT2D eigenvalue weighted by molar-refractivity contribution is -0.126. The number of nitrogens with one attached hydrogen (secondary N) is 1. The molecule has 1 N–H and O–H groups in total. The molecule has 0 atom stereocenters. The third kappa shape index (κ3) is 5.31. The molecule has 0 spiro atoms. The van der Waals surface area contributed by atoms with Crippen molar-refractivity contribution in [3.63, 3.8) is 0 Å². The highest BCUT2D eigenvalue weighted by atomic mass is 32.2. The number of hydrogen-bond donors (Lipinski definition) is 1. The molecule has 0 aliphatic carbocycles. The Kier molecular flexibility index (Phi) is 7.11. The lowest BCUT2D eigenvalue weighted by Gasteiger charge is -2.29. The van der Waals surface area contributed by atoms with Crippen molar-refractivity contribution in [2.45, 2.75) is 31.2 Å². The van der Waals surface area contributed by atoms with Crippen LogP contribution in [0, 0.1) is 12.8 Å². The molecule has 2 aromatic rings. The number of ether oxygens (including phenoxy) is 1. The average Bonchev–Trinajstić information content (AvgIpc) is 3.12. The number of nitrogens with zero attached hydrogens (tertiary/aromatic N) is 3. The quantitative estimate of drug-likeness (QED) is 0.639. The van der Waals surface area contributed by atoms with Gasteiger partial charge in [-0.15, -0.1) is 0 Å². The van der Waals surface area contributed by atoms with Crippen LogP contribution in [0.2, 0.25) is 0 Å². The molecule has 0 unspecified atom stereocenters. The number of piperidine rings is 1. The van der Waals surface area contributed by atoms with Gasteiger partial charge < -0.3 is 14.6 Å². The van der Waals surface area contributed by atoms with Gasteiger partial charge in [-0.3, -0.25) is 4.79 Å². The van der Waals surface area contributed by atoms with Crippen molar-refractivity contribution in [1.29, 1.82) is 0 Å². The van der Waals surface area contributed by atoms with Crippen LogP contribution in [0.3, 0.4) is 0 Å². The minimum Gasteiger partial charge on any atom is -0.465 e.